The maximum Gasteiger partial charge on any atom is 0.173 e. The normalized spacial score (nSPS) is 20.1. The average molecular weight is 254 g/mol. The zero-order valence-electron chi connectivity index (χ0n) is 9.45. The van der Waals surface area contributed by atoms with Crippen LogP contribution in [0.3, 0.4) is 0 Å². The first-order valence-corrected chi connectivity index (χ1v) is 6.60. The predicted octanol–water partition coefficient (Wildman–Crippen LogP) is 2.89. The van der Waals surface area contributed by atoms with Gasteiger partial charge in [-0.2, -0.15) is 5.10 Å². The Bertz CT molecular complexity index is 645. The first kappa shape index (κ1) is 9.85. The number of thiophene rings is 1. The number of anilines is 1. The molecule has 1 atom stereocenters. The van der Waals surface area contributed by atoms with Gasteiger partial charge in [-0.05, 0) is 23.6 Å². The van der Waals surface area contributed by atoms with Crippen molar-refractivity contribution in [2.24, 2.45) is 10.1 Å². The van der Waals surface area contributed by atoms with Crippen LogP contribution in [0.1, 0.15) is 11.0 Å². The molecule has 0 spiro atoms. The van der Waals surface area contributed by atoms with E-state index in [2.05, 4.69) is 44.0 Å². The van der Waals surface area contributed by atoms with E-state index in [9.17, 15) is 0 Å². The lowest BCUT2D eigenvalue weighted by Gasteiger charge is -2.28. The van der Waals surface area contributed by atoms with Gasteiger partial charge in [0.25, 0.3) is 0 Å². The molecule has 5 heteroatoms. The Kier molecular flexibility index (Phi) is 2.01. The molecule has 3 heterocycles. The fraction of sp³-hybridized carbons (Fsp3) is 0.0769. The van der Waals surface area contributed by atoms with Gasteiger partial charge in [-0.1, -0.05) is 18.2 Å². The summed E-state index contributed by atoms with van der Waals surface area (Å²) in [4.78, 5) is 7.86. The molecule has 0 radical (unpaired) electrons. The third kappa shape index (κ3) is 1.31. The molecule has 18 heavy (non-hydrogen) atoms. The van der Waals surface area contributed by atoms with Gasteiger partial charge in [-0.3, -0.25) is 15.3 Å². The second kappa shape index (κ2) is 3.68. The van der Waals surface area contributed by atoms with Crippen molar-refractivity contribution < 1.29 is 0 Å². The number of para-hydroxylation sites is 2. The van der Waals surface area contributed by atoms with Gasteiger partial charge < -0.3 is 0 Å². The first-order valence-electron chi connectivity index (χ1n) is 5.72. The summed E-state index contributed by atoms with van der Waals surface area (Å²) in [7, 11) is 0. The fourth-order valence-electron chi connectivity index (χ4n) is 2.27. The van der Waals surface area contributed by atoms with Crippen LogP contribution in [0.2, 0.25) is 0 Å². The molecule has 1 aromatic heterocycles. The zero-order chi connectivity index (χ0) is 11.9. The third-order valence-corrected chi connectivity index (χ3v) is 4.00. The Morgan fingerprint density at radius 3 is 3.00 bits per heavy atom. The Balaban J connectivity index is 1.84. The van der Waals surface area contributed by atoms with Crippen molar-refractivity contribution >= 4 is 34.8 Å². The SMILES string of the molecule is C1=Nc2ccccc2N2C1=NNC2c1cccs1. The number of aliphatic imine (C=N–C) groups is 1. The van der Waals surface area contributed by atoms with Crippen LogP contribution >= 0.6 is 11.3 Å². The van der Waals surface area contributed by atoms with Crippen LogP contribution in [-0.4, -0.2) is 12.1 Å². The second-order valence-electron chi connectivity index (χ2n) is 4.13. The van der Waals surface area contributed by atoms with Gasteiger partial charge in [0.2, 0.25) is 0 Å². The fourth-order valence-corrected chi connectivity index (χ4v) is 3.03. The minimum Gasteiger partial charge on any atom is -0.294 e. The number of benzene rings is 1. The van der Waals surface area contributed by atoms with Crippen molar-refractivity contribution in [3.8, 4) is 0 Å². The van der Waals surface area contributed by atoms with Gasteiger partial charge in [0.1, 0.15) is 0 Å². The van der Waals surface area contributed by atoms with Crippen LogP contribution in [-0.2, 0) is 0 Å². The van der Waals surface area contributed by atoms with E-state index in [1.165, 1.54) is 4.88 Å². The monoisotopic (exact) mass is 254 g/mol. The number of nitrogens with zero attached hydrogens (tertiary/aromatic N) is 3. The lowest BCUT2D eigenvalue weighted by Crippen LogP contribution is -2.34. The molecule has 0 saturated carbocycles. The minimum atomic E-state index is 0.0768. The van der Waals surface area contributed by atoms with Crippen LogP contribution in [0.4, 0.5) is 11.4 Å². The molecule has 1 unspecified atom stereocenters. The predicted molar refractivity (Wildman–Crippen MR) is 74.7 cm³/mol. The van der Waals surface area contributed by atoms with E-state index in [0.29, 0.717) is 0 Å². The van der Waals surface area contributed by atoms with E-state index in [0.717, 1.165) is 17.2 Å². The summed E-state index contributed by atoms with van der Waals surface area (Å²) in [6, 6.07) is 12.3. The van der Waals surface area contributed by atoms with Gasteiger partial charge in [-0.25, -0.2) is 0 Å². The molecule has 0 fully saturated rings. The van der Waals surface area contributed by atoms with Crippen LogP contribution in [0.5, 0.6) is 0 Å². The smallest absolute Gasteiger partial charge is 0.173 e. The molecular weight excluding hydrogens is 244 g/mol. The molecule has 0 amide bonds. The highest BCUT2D eigenvalue weighted by Crippen LogP contribution is 2.38. The van der Waals surface area contributed by atoms with Crippen LogP contribution in [0.25, 0.3) is 0 Å². The highest BCUT2D eigenvalue weighted by molar-refractivity contribution is 7.10. The Morgan fingerprint density at radius 1 is 1.17 bits per heavy atom. The maximum absolute atomic E-state index is 4.42. The molecule has 1 aromatic carbocycles. The van der Waals surface area contributed by atoms with Crippen molar-refractivity contribution in [2.45, 2.75) is 6.17 Å². The number of rotatable bonds is 1. The quantitative estimate of drug-likeness (QED) is 0.850. The molecule has 4 rings (SSSR count). The van der Waals surface area contributed by atoms with Crippen molar-refractivity contribution in [2.75, 3.05) is 4.90 Å². The summed E-state index contributed by atoms with van der Waals surface area (Å²) in [6.07, 6.45) is 1.89. The van der Waals surface area contributed by atoms with Crippen LogP contribution in [0, 0.1) is 0 Å². The van der Waals surface area contributed by atoms with Crippen molar-refractivity contribution in [3.05, 3.63) is 46.7 Å². The molecule has 2 aliphatic rings. The lowest BCUT2D eigenvalue weighted by atomic mass is 10.2. The lowest BCUT2D eigenvalue weighted by molar-refractivity contribution is 0.627. The maximum atomic E-state index is 4.42. The van der Waals surface area contributed by atoms with Crippen molar-refractivity contribution in [1.82, 2.24) is 5.43 Å². The molecule has 0 saturated heterocycles. The summed E-state index contributed by atoms with van der Waals surface area (Å²) >= 11 is 1.73. The molecule has 2 aromatic rings. The van der Waals surface area contributed by atoms with Gasteiger partial charge in [-0.15, -0.1) is 11.3 Å². The first-order chi connectivity index (χ1) is 8.93. The molecule has 1 N–H and O–H groups in total. The summed E-state index contributed by atoms with van der Waals surface area (Å²) in [5.74, 6) is 0.868. The van der Waals surface area contributed by atoms with Crippen molar-refractivity contribution in [1.29, 1.82) is 0 Å². The van der Waals surface area contributed by atoms with Gasteiger partial charge in [0, 0.05) is 4.88 Å². The molecule has 0 bridgehead atoms. The van der Waals surface area contributed by atoms with E-state index in [1.807, 2.05) is 24.4 Å². The Morgan fingerprint density at radius 2 is 2.11 bits per heavy atom. The number of amidine groups is 1. The van der Waals surface area contributed by atoms with E-state index in [-0.39, 0.29) is 6.17 Å². The standard InChI is InChI=1S/C13H10N4S/c1-2-5-10-9(4-1)14-8-12-15-16-13(17(10)12)11-6-3-7-18-11/h1-8,13,16H. The van der Waals surface area contributed by atoms with E-state index < -0.39 is 0 Å². The van der Waals surface area contributed by atoms with Gasteiger partial charge in [0.15, 0.2) is 12.0 Å². The molecule has 0 aliphatic carbocycles. The topological polar surface area (TPSA) is 40.0 Å². The van der Waals surface area contributed by atoms with E-state index >= 15 is 0 Å². The number of hydrazone groups is 1. The number of hydrogen-bond acceptors (Lipinski definition) is 5. The molecule has 88 valence electrons. The highest BCUT2D eigenvalue weighted by atomic mass is 32.1. The minimum absolute atomic E-state index is 0.0768. The number of nitrogens with one attached hydrogen (secondary N) is 1. The summed E-state index contributed by atoms with van der Waals surface area (Å²) < 4.78 is 0. The second-order valence-corrected chi connectivity index (χ2v) is 5.11. The van der Waals surface area contributed by atoms with E-state index in [4.69, 9.17) is 0 Å². The van der Waals surface area contributed by atoms with Gasteiger partial charge >= 0.3 is 0 Å². The van der Waals surface area contributed by atoms with E-state index in [1.54, 1.807) is 11.3 Å². The number of fused-ring (bicyclic) bond motifs is 3. The zero-order valence-corrected chi connectivity index (χ0v) is 10.3. The third-order valence-electron chi connectivity index (χ3n) is 3.08. The largest absolute Gasteiger partial charge is 0.294 e. The highest BCUT2D eigenvalue weighted by Gasteiger charge is 2.33. The summed E-state index contributed by atoms with van der Waals surface area (Å²) in [5, 5.41) is 6.43. The molecule has 4 nitrogen and oxygen atoms in total. The molecule has 2 aliphatic heterocycles. The van der Waals surface area contributed by atoms with Crippen molar-refractivity contribution in [3.63, 3.8) is 0 Å². The van der Waals surface area contributed by atoms with Crippen LogP contribution in [0.15, 0.2) is 51.9 Å². The number of hydrogen-bond donors (Lipinski definition) is 1. The Hall–Kier alpha value is -2.14. The van der Waals surface area contributed by atoms with Crippen LogP contribution < -0.4 is 10.3 Å². The summed E-state index contributed by atoms with van der Waals surface area (Å²) in [6.45, 7) is 0. The average Bonchev–Trinajstić information content (AvgIpc) is 3.07. The Labute approximate surface area is 108 Å². The molecular formula is C13H10N4S. The summed E-state index contributed by atoms with van der Waals surface area (Å²) in [5.41, 5.74) is 5.26. The van der Waals surface area contributed by atoms with Gasteiger partial charge in [0.05, 0.1) is 17.6 Å².